The van der Waals surface area contributed by atoms with E-state index in [0.717, 1.165) is 51.6 Å². The molecule has 1 saturated heterocycles. The van der Waals surface area contributed by atoms with Gasteiger partial charge in [-0.2, -0.15) is 0 Å². The molecule has 1 heterocycles. The lowest BCUT2D eigenvalue weighted by Gasteiger charge is -2.32. The average molecular weight is 478 g/mol. The zero-order chi connectivity index (χ0) is 23.8. The van der Waals surface area contributed by atoms with Gasteiger partial charge in [-0.15, -0.1) is 0 Å². The van der Waals surface area contributed by atoms with Crippen molar-refractivity contribution in [2.24, 2.45) is 17.8 Å². The van der Waals surface area contributed by atoms with Crippen molar-refractivity contribution in [2.75, 3.05) is 19.6 Å². The third-order valence-electron chi connectivity index (χ3n) is 6.98. The van der Waals surface area contributed by atoms with Crippen LogP contribution in [0.1, 0.15) is 65.2 Å². The van der Waals surface area contributed by atoms with Crippen LogP contribution in [0.15, 0.2) is 35.2 Å². The highest BCUT2D eigenvalue weighted by atomic mass is 32.2. The van der Waals surface area contributed by atoms with Crippen molar-refractivity contribution < 1.29 is 18.0 Å². The molecule has 2 aliphatic rings. The molecule has 0 bridgehead atoms. The molecule has 1 aromatic rings. The number of nitrogens with one attached hydrogen (secondary N) is 2. The van der Waals surface area contributed by atoms with Crippen molar-refractivity contribution in [1.82, 2.24) is 14.9 Å². The molecule has 1 aliphatic carbocycles. The molecule has 0 radical (unpaired) electrons. The summed E-state index contributed by atoms with van der Waals surface area (Å²) in [6, 6.07) is 7.90. The Morgan fingerprint density at radius 3 is 2.15 bits per heavy atom. The summed E-state index contributed by atoms with van der Waals surface area (Å²) in [4.78, 5) is 28.3. The molecule has 1 saturated carbocycles. The van der Waals surface area contributed by atoms with Gasteiger partial charge in [-0.1, -0.05) is 44.9 Å². The first-order valence-electron chi connectivity index (χ1n) is 12.4. The molecule has 33 heavy (non-hydrogen) atoms. The van der Waals surface area contributed by atoms with Crippen LogP contribution in [0.2, 0.25) is 0 Å². The lowest BCUT2D eigenvalue weighted by molar-refractivity contribution is -0.139. The minimum absolute atomic E-state index is 0.0356. The van der Waals surface area contributed by atoms with Gasteiger partial charge in [-0.25, -0.2) is 13.1 Å². The molecule has 184 valence electrons. The SMILES string of the molecule is CC(C)[C@@H](NC(=O)C1CCC(CNS(=O)(=O)c2ccccc2)CC1)C(=O)N1CCCCCC1. The second-order valence-corrected chi connectivity index (χ2v) is 11.6. The minimum atomic E-state index is -3.51. The Kier molecular flexibility index (Phi) is 9.32. The Morgan fingerprint density at radius 1 is 0.970 bits per heavy atom. The van der Waals surface area contributed by atoms with Crippen LogP contribution in [0.4, 0.5) is 0 Å². The summed E-state index contributed by atoms with van der Waals surface area (Å²) in [6.07, 6.45) is 7.40. The Balaban J connectivity index is 1.48. The van der Waals surface area contributed by atoms with E-state index in [9.17, 15) is 18.0 Å². The monoisotopic (exact) mass is 477 g/mol. The van der Waals surface area contributed by atoms with Crippen LogP contribution in [0.25, 0.3) is 0 Å². The van der Waals surface area contributed by atoms with Gasteiger partial charge in [-0.05, 0) is 62.5 Å². The third-order valence-corrected chi connectivity index (χ3v) is 8.42. The van der Waals surface area contributed by atoms with Gasteiger partial charge >= 0.3 is 0 Å². The average Bonchev–Trinajstić information content (AvgIpc) is 3.11. The van der Waals surface area contributed by atoms with E-state index in [-0.39, 0.29) is 34.5 Å². The van der Waals surface area contributed by atoms with Crippen LogP contribution in [0.3, 0.4) is 0 Å². The van der Waals surface area contributed by atoms with Crippen LogP contribution in [0, 0.1) is 17.8 Å². The summed E-state index contributed by atoms with van der Waals surface area (Å²) >= 11 is 0. The number of hydrogen-bond acceptors (Lipinski definition) is 4. The molecule has 3 rings (SSSR count). The summed E-state index contributed by atoms with van der Waals surface area (Å²) in [5.74, 6) is 0.134. The first-order chi connectivity index (χ1) is 15.8. The number of rotatable bonds is 8. The molecule has 0 unspecified atom stereocenters. The van der Waals surface area contributed by atoms with Gasteiger partial charge in [0.2, 0.25) is 21.8 Å². The molecule has 7 nitrogen and oxygen atoms in total. The fourth-order valence-corrected chi connectivity index (χ4v) is 5.95. The fraction of sp³-hybridized carbons (Fsp3) is 0.680. The quantitative estimate of drug-likeness (QED) is 0.600. The highest BCUT2D eigenvalue weighted by Crippen LogP contribution is 2.29. The molecule has 1 atom stereocenters. The summed E-state index contributed by atoms with van der Waals surface area (Å²) in [5, 5.41) is 3.05. The van der Waals surface area contributed by atoms with Crippen LogP contribution in [-0.4, -0.2) is 50.8 Å². The number of likely N-dealkylation sites (tertiary alicyclic amines) is 1. The zero-order valence-corrected chi connectivity index (χ0v) is 20.8. The van der Waals surface area contributed by atoms with Crippen LogP contribution in [-0.2, 0) is 19.6 Å². The maximum absolute atomic E-state index is 13.1. The van der Waals surface area contributed by atoms with Gasteiger partial charge in [0.15, 0.2) is 0 Å². The second-order valence-electron chi connectivity index (χ2n) is 9.85. The summed E-state index contributed by atoms with van der Waals surface area (Å²) in [7, 11) is -3.51. The molecule has 8 heteroatoms. The minimum Gasteiger partial charge on any atom is -0.344 e. The van der Waals surface area contributed by atoms with E-state index >= 15 is 0 Å². The van der Waals surface area contributed by atoms with Crippen molar-refractivity contribution in [3.8, 4) is 0 Å². The first kappa shape index (κ1) is 25.7. The van der Waals surface area contributed by atoms with Crippen molar-refractivity contribution in [3.63, 3.8) is 0 Å². The van der Waals surface area contributed by atoms with Crippen molar-refractivity contribution in [1.29, 1.82) is 0 Å². The number of amides is 2. The topological polar surface area (TPSA) is 95.6 Å². The van der Waals surface area contributed by atoms with Crippen LogP contribution in [0.5, 0.6) is 0 Å². The van der Waals surface area contributed by atoms with E-state index < -0.39 is 16.1 Å². The fourth-order valence-electron chi connectivity index (χ4n) is 4.81. The van der Waals surface area contributed by atoms with Crippen molar-refractivity contribution >= 4 is 21.8 Å². The van der Waals surface area contributed by atoms with E-state index in [1.54, 1.807) is 30.3 Å². The van der Waals surface area contributed by atoms with Crippen molar-refractivity contribution in [3.05, 3.63) is 30.3 Å². The van der Waals surface area contributed by atoms with Gasteiger partial charge in [0.25, 0.3) is 0 Å². The molecular weight excluding hydrogens is 438 g/mol. The number of carbonyl (C=O) groups excluding carboxylic acids is 2. The Bertz CT molecular complexity index is 872. The predicted octanol–water partition coefficient (Wildman–Crippen LogP) is 3.31. The standard InChI is InChI=1S/C25H39N3O4S/c1-19(2)23(25(30)28-16-8-3-4-9-17-28)27-24(29)21-14-12-20(13-15-21)18-26-33(31,32)22-10-6-5-7-11-22/h5-7,10-11,19-21,23,26H,3-4,8-9,12-18H2,1-2H3,(H,27,29)/t20?,21?,23-/m1/s1. The van der Waals surface area contributed by atoms with Crippen LogP contribution < -0.4 is 10.0 Å². The van der Waals surface area contributed by atoms with Gasteiger partial charge in [0.1, 0.15) is 6.04 Å². The Hall–Kier alpha value is -1.93. The lowest BCUT2D eigenvalue weighted by atomic mass is 9.81. The van der Waals surface area contributed by atoms with Gasteiger partial charge in [0.05, 0.1) is 4.90 Å². The van der Waals surface area contributed by atoms with Gasteiger partial charge in [0, 0.05) is 25.6 Å². The van der Waals surface area contributed by atoms with E-state index in [2.05, 4.69) is 10.0 Å². The maximum Gasteiger partial charge on any atom is 0.245 e. The molecule has 1 aliphatic heterocycles. The summed E-state index contributed by atoms with van der Waals surface area (Å²) < 4.78 is 27.6. The van der Waals surface area contributed by atoms with E-state index in [1.165, 1.54) is 0 Å². The lowest BCUT2D eigenvalue weighted by Crippen LogP contribution is -2.53. The highest BCUT2D eigenvalue weighted by Gasteiger charge is 2.33. The molecular formula is C25H39N3O4S. The Labute approximate surface area is 198 Å². The van der Waals surface area contributed by atoms with Crippen molar-refractivity contribution in [2.45, 2.75) is 76.2 Å². The van der Waals surface area contributed by atoms with Crippen LogP contribution >= 0.6 is 0 Å². The molecule has 1 aromatic carbocycles. The highest BCUT2D eigenvalue weighted by molar-refractivity contribution is 7.89. The number of benzene rings is 1. The number of nitrogens with zero attached hydrogens (tertiary/aromatic N) is 1. The number of carbonyl (C=O) groups is 2. The van der Waals surface area contributed by atoms with Gasteiger partial charge < -0.3 is 10.2 Å². The van der Waals surface area contributed by atoms with E-state index in [1.807, 2.05) is 18.7 Å². The maximum atomic E-state index is 13.1. The Morgan fingerprint density at radius 2 is 1.58 bits per heavy atom. The van der Waals surface area contributed by atoms with Gasteiger partial charge in [-0.3, -0.25) is 9.59 Å². The largest absolute Gasteiger partial charge is 0.344 e. The number of sulfonamides is 1. The summed E-state index contributed by atoms with van der Waals surface area (Å²) in [6.45, 7) is 5.91. The smallest absolute Gasteiger partial charge is 0.245 e. The number of hydrogen-bond donors (Lipinski definition) is 2. The third kappa shape index (κ3) is 7.27. The molecule has 0 spiro atoms. The zero-order valence-electron chi connectivity index (χ0n) is 20.0. The molecule has 2 N–H and O–H groups in total. The van der Waals surface area contributed by atoms with E-state index in [4.69, 9.17) is 0 Å². The molecule has 2 fully saturated rings. The predicted molar refractivity (Wildman–Crippen MR) is 129 cm³/mol. The first-order valence-corrected chi connectivity index (χ1v) is 13.9. The molecule has 0 aromatic heterocycles. The van der Waals surface area contributed by atoms with E-state index in [0.29, 0.717) is 19.4 Å². The summed E-state index contributed by atoms with van der Waals surface area (Å²) in [5.41, 5.74) is 0. The normalized spacial score (nSPS) is 23.1. The molecule has 2 amide bonds. The second kappa shape index (κ2) is 12.0.